The zero-order chi connectivity index (χ0) is 19.6. The lowest BCUT2D eigenvalue weighted by molar-refractivity contribution is -0.136. The molecular weight excluding hydrogens is 364 g/mol. The molecule has 27 heavy (non-hydrogen) atoms. The highest BCUT2D eigenvalue weighted by atomic mass is 32.2. The van der Waals surface area contributed by atoms with Crippen LogP contribution < -0.4 is 4.90 Å². The summed E-state index contributed by atoms with van der Waals surface area (Å²) in [5, 5.41) is 13.1. The Morgan fingerprint density at radius 1 is 1.30 bits per heavy atom. The van der Waals surface area contributed by atoms with Crippen molar-refractivity contribution in [1.29, 1.82) is 4.78 Å². The van der Waals surface area contributed by atoms with Gasteiger partial charge in [0.1, 0.15) is 12.1 Å². The average molecular weight is 386 g/mol. The fourth-order valence-electron chi connectivity index (χ4n) is 2.92. The van der Waals surface area contributed by atoms with Crippen molar-refractivity contribution < 1.29 is 9.90 Å². The molecule has 0 unspecified atom stereocenters. The van der Waals surface area contributed by atoms with E-state index in [0.717, 1.165) is 27.5 Å². The molecule has 9 heteroatoms. The first-order valence-electron chi connectivity index (χ1n) is 8.46. The Hall–Kier alpha value is -2.81. The van der Waals surface area contributed by atoms with Crippen LogP contribution >= 0.6 is 0 Å². The van der Waals surface area contributed by atoms with E-state index in [9.17, 15) is 4.79 Å². The molecule has 0 spiro atoms. The van der Waals surface area contributed by atoms with Crippen LogP contribution in [-0.4, -0.2) is 50.5 Å². The van der Waals surface area contributed by atoms with E-state index in [-0.39, 0.29) is 6.42 Å². The van der Waals surface area contributed by atoms with Crippen LogP contribution in [0, 0.1) is 11.7 Å². The van der Waals surface area contributed by atoms with Gasteiger partial charge in [0.25, 0.3) is 5.78 Å². The van der Waals surface area contributed by atoms with Gasteiger partial charge in [-0.25, -0.2) is 4.98 Å². The summed E-state index contributed by atoms with van der Waals surface area (Å²) >= 11 is 0. The highest BCUT2D eigenvalue weighted by Crippen LogP contribution is 2.25. The number of nitrogens with zero attached hydrogens (tertiary/aromatic N) is 5. The second-order valence-corrected chi connectivity index (χ2v) is 8.09. The van der Waals surface area contributed by atoms with Gasteiger partial charge in [-0.3, -0.25) is 9.57 Å². The number of carboxylic acids is 1. The van der Waals surface area contributed by atoms with Gasteiger partial charge in [0, 0.05) is 42.4 Å². The Kier molecular flexibility index (Phi) is 5.50. The highest BCUT2D eigenvalue weighted by molar-refractivity contribution is 7.86. The molecular formula is C18H22N6O2S. The number of nitrogens with one attached hydrogen (secondary N) is 1. The molecule has 0 fully saturated rings. The number of aromatic nitrogens is 4. The first-order chi connectivity index (χ1) is 12.9. The van der Waals surface area contributed by atoms with Crippen molar-refractivity contribution in [3.63, 3.8) is 0 Å². The normalized spacial score (nSPS) is 12.3. The zero-order valence-corrected chi connectivity index (χ0v) is 16.3. The third-order valence-corrected chi connectivity index (χ3v) is 5.69. The number of hydrogen-bond donors (Lipinski definition) is 2. The minimum absolute atomic E-state index is 0.0172. The van der Waals surface area contributed by atoms with Gasteiger partial charge >= 0.3 is 5.97 Å². The van der Waals surface area contributed by atoms with Gasteiger partial charge in [0.05, 0.1) is 6.42 Å². The number of carboxylic acid groups (broad SMARTS) is 1. The standard InChI is InChI=1S/C18H22N6O2S/c1-12-15(17(23(2)3)24-18(22-12)20-11-21-24)10-13-4-6-14(7-5-13)27(19)9-8-16(25)26/h4-7,11,19H,8-10H2,1-3H3,(H,25,26)/t27-/m0/s1. The van der Waals surface area contributed by atoms with E-state index in [1.807, 2.05) is 50.2 Å². The number of benzene rings is 1. The van der Waals surface area contributed by atoms with Crippen LogP contribution in [0.15, 0.2) is 35.5 Å². The second-order valence-electron chi connectivity index (χ2n) is 6.42. The number of hydrogen-bond acceptors (Lipinski definition) is 6. The van der Waals surface area contributed by atoms with E-state index in [1.165, 1.54) is 6.33 Å². The highest BCUT2D eigenvalue weighted by Gasteiger charge is 2.16. The molecule has 1 atom stereocenters. The first kappa shape index (κ1) is 19.0. The summed E-state index contributed by atoms with van der Waals surface area (Å²) in [6.45, 7) is 1.97. The van der Waals surface area contributed by atoms with Crippen LogP contribution in [0.4, 0.5) is 5.82 Å². The third-order valence-electron chi connectivity index (χ3n) is 4.24. The summed E-state index contributed by atoms with van der Waals surface area (Å²) in [4.78, 5) is 22.3. The van der Waals surface area contributed by atoms with Gasteiger partial charge in [0.15, 0.2) is 0 Å². The van der Waals surface area contributed by atoms with Crippen LogP contribution in [0.1, 0.15) is 23.2 Å². The number of aryl methyl sites for hydroxylation is 1. The number of fused-ring (bicyclic) bond motifs is 1. The molecule has 2 heterocycles. The lowest BCUT2D eigenvalue weighted by Gasteiger charge is -2.20. The van der Waals surface area contributed by atoms with Crippen molar-refractivity contribution in [1.82, 2.24) is 19.6 Å². The molecule has 0 saturated heterocycles. The lowest BCUT2D eigenvalue weighted by atomic mass is 10.0. The van der Waals surface area contributed by atoms with Gasteiger partial charge in [0.2, 0.25) is 0 Å². The first-order valence-corrected chi connectivity index (χ1v) is 9.85. The van der Waals surface area contributed by atoms with Gasteiger partial charge in [-0.15, -0.1) is 0 Å². The van der Waals surface area contributed by atoms with Crippen molar-refractivity contribution in [2.45, 2.75) is 24.7 Å². The van der Waals surface area contributed by atoms with Gasteiger partial charge in [-0.2, -0.15) is 14.6 Å². The van der Waals surface area contributed by atoms with Crippen LogP contribution in [0.2, 0.25) is 0 Å². The number of carbonyl (C=O) groups is 1. The Balaban J connectivity index is 1.87. The van der Waals surface area contributed by atoms with E-state index < -0.39 is 16.7 Å². The largest absolute Gasteiger partial charge is 0.481 e. The Bertz CT molecular complexity index is 997. The fraction of sp³-hybridized carbons (Fsp3) is 0.333. The Morgan fingerprint density at radius 2 is 2.00 bits per heavy atom. The molecule has 0 bridgehead atoms. The Labute approximate surface area is 159 Å². The molecule has 0 saturated carbocycles. The van der Waals surface area contributed by atoms with E-state index in [2.05, 4.69) is 15.1 Å². The molecule has 1 aromatic carbocycles. The molecule has 0 radical (unpaired) electrons. The number of anilines is 1. The SMILES string of the molecule is Cc1nc2ncnn2c(N(C)C)c1Cc1ccc([S@@](=N)CCC(=O)O)cc1. The minimum Gasteiger partial charge on any atom is -0.481 e. The third kappa shape index (κ3) is 4.13. The topological polar surface area (TPSA) is 107 Å². The predicted molar refractivity (Wildman–Crippen MR) is 105 cm³/mol. The van der Waals surface area contributed by atoms with E-state index in [1.54, 1.807) is 4.52 Å². The van der Waals surface area contributed by atoms with Crippen LogP contribution in [0.3, 0.4) is 0 Å². The number of rotatable bonds is 7. The van der Waals surface area contributed by atoms with E-state index in [4.69, 9.17) is 9.89 Å². The summed E-state index contributed by atoms with van der Waals surface area (Å²) in [7, 11) is 3.13. The molecule has 0 aliphatic carbocycles. The van der Waals surface area contributed by atoms with E-state index >= 15 is 0 Å². The number of aliphatic carboxylic acids is 1. The van der Waals surface area contributed by atoms with Crippen molar-refractivity contribution in [3.8, 4) is 0 Å². The van der Waals surface area contributed by atoms with Crippen molar-refractivity contribution in [3.05, 3.63) is 47.4 Å². The molecule has 0 amide bonds. The molecule has 0 aliphatic heterocycles. The maximum Gasteiger partial charge on any atom is 0.304 e. The molecule has 8 nitrogen and oxygen atoms in total. The lowest BCUT2D eigenvalue weighted by Crippen LogP contribution is -2.18. The summed E-state index contributed by atoms with van der Waals surface area (Å²) < 4.78 is 9.86. The van der Waals surface area contributed by atoms with Gasteiger partial charge < -0.3 is 10.0 Å². The summed E-state index contributed by atoms with van der Waals surface area (Å²) in [6.07, 6.45) is 2.20. The summed E-state index contributed by atoms with van der Waals surface area (Å²) in [5.74, 6) is 0.998. The second kappa shape index (κ2) is 7.83. The van der Waals surface area contributed by atoms with Crippen LogP contribution in [0.25, 0.3) is 5.78 Å². The molecule has 2 N–H and O–H groups in total. The monoisotopic (exact) mass is 386 g/mol. The summed E-state index contributed by atoms with van der Waals surface area (Å²) in [6, 6.07) is 7.82. The quantitative estimate of drug-likeness (QED) is 0.645. The minimum atomic E-state index is -0.862. The maximum atomic E-state index is 10.7. The van der Waals surface area contributed by atoms with E-state index in [0.29, 0.717) is 18.0 Å². The van der Waals surface area contributed by atoms with Crippen LogP contribution in [-0.2, 0) is 21.9 Å². The maximum absolute atomic E-state index is 10.7. The summed E-state index contributed by atoms with van der Waals surface area (Å²) in [5.41, 5.74) is 3.08. The smallest absolute Gasteiger partial charge is 0.304 e. The molecule has 2 aromatic heterocycles. The predicted octanol–water partition coefficient (Wildman–Crippen LogP) is 2.30. The molecule has 3 aromatic rings. The Morgan fingerprint density at radius 3 is 2.63 bits per heavy atom. The van der Waals surface area contributed by atoms with Crippen molar-refractivity contribution >= 4 is 28.3 Å². The van der Waals surface area contributed by atoms with Crippen LogP contribution in [0.5, 0.6) is 0 Å². The van der Waals surface area contributed by atoms with Gasteiger partial charge in [-0.1, -0.05) is 22.8 Å². The van der Waals surface area contributed by atoms with Crippen molar-refractivity contribution in [2.24, 2.45) is 0 Å². The zero-order valence-electron chi connectivity index (χ0n) is 15.5. The molecule has 3 rings (SSSR count). The fourth-order valence-corrected chi connectivity index (χ4v) is 4.00. The average Bonchev–Trinajstić information content (AvgIpc) is 3.08. The molecule has 0 aliphatic rings. The van der Waals surface area contributed by atoms with Gasteiger partial charge in [-0.05, 0) is 24.6 Å². The molecule has 142 valence electrons. The van der Waals surface area contributed by atoms with Crippen molar-refractivity contribution in [2.75, 3.05) is 24.7 Å².